The number of hydrogen-bond donors (Lipinski definition) is 4. The number of nitrogens with zero attached hydrogens (tertiary/aromatic N) is 4. The third kappa shape index (κ3) is 3.41. The van der Waals surface area contributed by atoms with Gasteiger partial charge < -0.3 is 15.4 Å². The zero-order chi connectivity index (χ0) is 20.8. The molecule has 4 aromatic rings. The van der Waals surface area contributed by atoms with Crippen molar-refractivity contribution < 1.29 is 13.9 Å². The van der Waals surface area contributed by atoms with Gasteiger partial charge in [0.2, 0.25) is 5.88 Å². The van der Waals surface area contributed by atoms with Crippen molar-refractivity contribution in [3.63, 3.8) is 0 Å². The second kappa shape index (κ2) is 6.79. The molecule has 4 N–H and O–H groups in total. The number of benzene rings is 1. The van der Waals surface area contributed by atoms with Gasteiger partial charge >= 0.3 is 5.69 Å². The van der Waals surface area contributed by atoms with Crippen LogP contribution in [-0.4, -0.2) is 35.7 Å². The number of halogens is 2. The highest BCUT2D eigenvalue weighted by Crippen LogP contribution is 2.23. The quantitative estimate of drug-likeness (QED) is 0.400. The number of H-pyrrole nitrogens is 2. The van der Waals surface area contributed by atoms with E-state index in [1.807, 2.05) is 0 Å². The van der Waals surface area contributed by atoms with Crippen LogP contribution in [0.4, 0.5) is 20.3 Å². The molecule has 0 aliphatic heterocycles. The summed E-state index contributed by atoms with van der Waals surface area (Å²) in [4.78, 5) is 25.1. The number of imidazole rings is 1. The van der Waals surface area contributed by atoms with Crippen LogP contribution in [-0.2, 0) is 0 Å². The van der Waals surface area contributed by atoms with Crippen LogP contribution in [0, 0.1) is 11.6 Å². The van der Waals surface area contributed by atoms with E-state index in [1.165, 1.54) is 16.8 Å². The minimum atomic E-state index is -0.631. The summed E-state index contributed by atoms with van der Waals surface area (Å²) in [5, 5.41) is 17.4. The molecule has 5 rings (SSSR count). The lowest BCUT2D eigenvalue weighted by atomic mass is 10.3. The fourth-order valence-corrected chi connectivity index (χ4v) is 2.99. The second-order valence-electron chi connectivity index (χ2n) is 6.93. The maximum atomic E-state index is 14.1. The van der Waals surface area contributed by atoms with E-state index in [2.05, 4.69) is 30.4 Å². The van der Waals surface area contributed by atoms with Crippen molar-refractivity contribution >= 4 is 23.2 Å². The lowest BCUT2D eigenvalue weighted by Crippen LogP contribution is -2.20. The number of aromatic nitrogens is 5. The van der Waals surface area contributed by atoms with Crippen LogP contribution in [0.5, 0.6) is 5.88 Å². The fraction of sp³-hybridized carbons (Fsp3) is 0.158. The van der Waals surface area contributed by atoms with Gasteiger partial charge in [-0.1, -0.05) is 0 Å². The average molecular weight is 411 g/mol. The molecule has 0 spiro atoms. The zero-order valence-electron chi connectivity index (χ0n) is 15.4. The standard InChI is InChI=1S/C19H15F2N7O2/c20-10-1-4-12(21)13(6-10)24-15-7-16(23-11-2-3-11)28-17(26-15)9(8-22-28)5-14-18(29)27-19(30)25-14/h1,4-8,11,24,29H,2-3H2,(H2,25,27,30)/b9-5-,23-16?. The molecule has 1 saturated carbocycles. The van der Waals surface area contributed by atoms with E-state index >= 15 is 0 Å². The summed E-state index contributed by atoms with van der Waals surface area (Å²) in [5.41, 5.74) is 0.385. The normalized spacial score (nSPS) is 15.3. The molecule has 3 heterocycles. The number of rotatable bonds is 4. The Kier molecular flexibility index (Phi) is 4.09. The summed E-state index contributed by atoms with van der Waals surface area (Å²) in [6.07, 6.45) is 4.93. The van der Waals surface area contributed by atoms with E-state index in [9.17, 15) is 18.7 Å². The minimum absolute atomic E-state index is 0.0677. The molecule has 1 fully saturated rings. The summed E-state index contributed by atoms with van der Waals surface area (Å²) >= 11 is 0. The number of aromatic amines is 2. The van der Waals surface area contributed by atoms with E-state index < -0.39 is 17.3 Å². The molecule has 0 unspecified atom stereocenters. The molecule has 0 saturated heterocycles. The average Bonchev–Trinajstić information content (AvgIpc) is 3.34. The fourth-order valence-electron chi connectivity index (χ4n) is 2.99. The first-order valence-corrected chi connectivity index (χ1v) is 9.14. The first kappa shape index (κ1) is 18.0. The summed E-state index contributed by atoms with van der Waals surface area (Å²) in [6.45, 7) is 0. The van der Waals surface area contributed by atoms with Gasteiger partial charge in [-0.25, -0.2) is 18.6 Å². The van der Waals surface area contributed by atoms with Crippen molar-refractivity contribution in [2.45, 2.75) is 18.9 Å². The number of fused-ring (bicyclic) bond motifs is 1. The van der Waals surface area contributed by atoms with Crippen LogP contribution < -0.4 is 21.7 Å². The van der Waals surface area contributed by atoms with Crippen molar-refractivity contribution in [2.75, 3.05) is 5.32 Å². The summed E-state index contributed by atoms with van der Waals surface area (Å²) in [7, 11) is 0. The van der Waals surface area contributed by atoms with Gasteiger partial charge in [-0.3, -0.25) is 9.98 Å². The highest BCUT2D eigenvalue weighted by Gasteiger charge is 2.20. The molecular formula is C19H15F2N7O2. The number of hydrogen-bond acceptors (Lipinski definition) is 6. The molecule has 30 heavy (non-hydrogen) atoms. The highest BCUT2D eigenvalue weighted by molar-refractivity contribution is 5.61. The van der Waals surface area contributed by atoms with Crippen molar-refractivity contribution in [3.8, 4) is 5.88 Å². The summed E-state index contributed by atoms with van der Waals surface area (Å²) < 4.78 is 29.1. The molecule has 0 bridgehead atoms. The van der Waals surface area contributed by atoms with E-state index in [0.717, 1.165) is 31.0 Å². The Hall–Kier alpha value is -4.02. The molecule has 0 radical (unpaired) electrons. The van der Waals surface area contributed by atoms with Gasteiger partial charge in [-0.15, -0.1) is 0 Å². The maximum Gasteiger partial charge on any atom is 0.326 e. The monoisotopic (exact) mass is 411 g/mol. The van der Waals surface area contributed by atoms with E-state index in [0.29, 0.717) is 16.4 Å². The maximum absolute atomic E-state index is 14.1. The van der Waals surface area contributed by atoms with Crippen LogP contribution in [0.1, 0.15) is 18.5 Å². The van der Waals surface area contributed by atoms with E-state index in [4.69, 9.17) is 0 Å². The van der Waals surface area contributed by atoms with Gasteiger partial charge in [0.25, 0.3) is 0 Å². The molecular weight excluding hydrogens is 396 g/mol. The molecule has 1 aromatic carbocycles. The number of anilines is 2. The zero-order valence-corrected chi connectivity index (χ0v) is 15.4. The molecule has 3 aromatic heterocycles. The van der Waals surface area contributed by atoms with Crippen LogP contribution in [0.2, 0.25) is 0 Å². The minimum Gasteiger partial charge on any atom is -0.493 e. The molecule has 152 valence electrons. The van der Waals surface area contributed by atoms with E-state index in [1.54, 1.807) is 6.07 Å². The lowest BCUT2D eigenvalue weighted by Gasteiger charge is -2.07. The van der Waals surface area contributed by atoms with Gasteiger partial charge in [0.1, 0.15) is 23.1 Å². The summed E-state index contributed by atoms with van der Waals surface area (Å²) in [5.74, 6) is -1.30. The predicted molar refractivity (Wildman–Crippen MR) is 103 cm³/mol. The van der Waals surface area contributed by atoms with Crippen LogP contribution in [0.25, 0.3) is 11.7 Å². The Bertz CT molecular complexity index is 1450. The molecule has 1 aliphatic rings. The Morgan fingerprint density at radius 2 is 2.10 bits per heavy atom. The van der Waals surface area contributed by atoms with E-state index in [-0.39, 0.29) is 29.1 Å². The van der Waals surface area contributed by atoms with Gasteiger partial charge in [0.15, 0.2) is 11.1 Å². The van der Waals surface area contributed by atoms with Gasteiger partial charge in [-0.05, 0) is 31.1 Å². The van der Waals surface area contributed by atoms with Crippen LogP contribution in [0.15, 0.2) is 40.2 Å². The van der Waals surface area contributed by atoms with Gasteiger partial charge in [0, 0.05) is 17.4 Å². The SMILES string of the molecule is O=c1[nH]c(O)c(/C=c2/cnn3c(=NC4CC4)cc(Nc4cc(F)ccc4F)nc23)[nH]1. The Morgan fingerprint density at radius 3 is 2.83 bits per heavy atom. The lowest BCUT2D eigenvalue weighted by molar-refractivity contribution is 0.454. The topological polar surface area (TPSA) is 123 Å². The van der Waals surface area contributed by atoms with Gasteiger partial charge in [0.05, 0.1) is 17.9 Å². The number of nitrogens with one attached hydrogen (secondary N) is 3. The Labute approximate surface area is 166 Å². The molecule has 0 amide bonds. The predicted octanol–water partition coefficient (Wildman–Crippen LogP) is 1.08. The molecule has 9 nitrogen and oxygen atoms in total. The Balaban J connectivity index is 1.69. The highest BCUT2D eigenvalue weighted by atomic mass is 19.1. The largest absolute Gasteiger partial charge is 0.493 e. The van der Waals surface area contributed by atoms with Crippen molar-refractivity contribution in [3.05, 3.63) is 69.0 Å². The summed E-state index contributed by atoms with van der Waals surface area (Å²) in [6, 6.07) is 4.86. The Morgan fingerprint density at radius 1 is 1.27 bits per heavy atom. The molecule has 11 heteroatoms. The third-order valence-corrected chi connectivity index (χ3v) is 4.57. The van der Waals surface area contributed by atoms with Crippen molar-refractivity contribution in [1.29, 1.82) is 0 Å². The van der Waals surface area contributed by atoms with Crippen molar-refractivity contribution in [1.82, 2.24) is 24.6 Å². The first-order chi connectivity index (χ1) is 14.5. The van der Waals surface area contributed by atoms with Crippen LogP contribution in [0.3, 0.4) is 0 Å². The second-order valence-corrected chi connectivity index (χ2v) is 6.93. The number of aromatic hydroxyl groups is 1. The third-order valence-electron chi connectivity index (χ3n) is 4.57. The smallest absolute Gasteiger partial charge is 0.326 e. The molecule has 0 atom stereocenters. The van der Waals surface area contributed by atoms with Gasteiger partial charge in [-0.2, -0.15) is 9.61 Å². The van der Waals surface area contributed by atoms with Crippen LogP contribution >= 0.6 is 0 Å². The first-order valence-electron chi connectivity index (χ1n) is 9.14. The van der Waals surface area contributed by atoms with Crippen molar-refractivity contribution in [2.24, 2.45) is 4.99 Å². The molecule has 1 aliphatic carbocycles.